The lowest BCUT2D eigenvalue weighted by Crippen LogP contribution is -2.38. The molecule has 2 fully saturated rings. The second-order valence-corrected chi connectivity index (χ2v) is 8.38. The van der Waals surface area contributed by atoms with Crippen LogP contribution in [0.2, 0.25) is 0 Å². The minimum absolute atomic E-state index is 0.0485. The smallest absolute Gasteiger partial charge is 0.348 e. The Hall–Kier alpha value is -1.03. The van der Waals surface area contributed by atoms with Crippen molar-refractivity contribution in [2.75, 3.05) is 5.73 Å². The number of anilines is 1. The number of esters is 1. The second-order valence-electron chi connectivity index (χ2n) is 7.13. The second kappa shape index (κ2) is 4.23. The highest BCUT2D eigenvalue weighted by atomic mass is 32.1. The topological polar surface area (TPSA) is 52.3 Å². The Kier molecular flexibility index (Phi) is 2.95. The number of nitrogens with two attached hydrogens (primary N) is 1. The Bertz CT molecular complexity index is 543. The Morgan fingerprint density at radius 2 is 2.15 bits per heavy atom. The fraction of sp³-hybridized carbons (Fsp3) is 0.688. The number of thiophene rings is 1. The number of hydrogen-bond donors (Lipinski definition) is 1. The quantitative estimate of drug-likeness (QED) is 0.838. The van der Waals surface area contributed by atoms with Gasteiger partial charge in [0.25, 0.3) is 0 Å². The molecule has 0 aromatic carbocycles. The van der Waals surface area contributed by atoms with E-state index in [-0.39, 0.29) is 22.9 Å². The molecular weight excluding hydrogens is 270 g/mol. The van der Waals surface area contributed by atoms with Gasteiger partial charge in [-0.05, 0) is 43.6 Å². The number of aryl methyl sites for hydroxylation is 1. The van der Waals surface area contributed by atoms with Crippen LogP contribution >= 0.6 is 11.3 Å². The van der Waals surface area contributed by atoms with E-state index in [1.54, 1.807) is 6.07 Å². The van der Waals surface area contributed by atoms with E-state index in [0.29, 0.717) is 16.5 Å². The number of hydrogen-bond acceptors (Lipinski definition) is 4. The van der Waals surface area contributed by atoms with E-state index in [1.807, 2.05) is 6.92 Å². The zero-order chi connectivity index (χ0) is 14.7. The van der Waals surface area contributed by atoms with E-state index in [4.69, 9.17) is 10.5 Å². The average molecular weight is 293 g/mol. The molecule has 4 heteroatoms. The highest BCUT2D eigenvalue weighted by Gasteiger charge is 2.62. The molecule has 3 atom stereocenters. The minimum Gasteiger partial charge on any atom is -0.458 e. The van der Waals surface area contributed by atoms with Gasteiger partial charge < -0.3 is 10.5 Å². The molecule has 2 saturated carbocycles. The molecule has 1 aromatic heterocycles. The first kappa shape index (κ1) is 13.9. The first-order valence-corrected chi connectivity index (χ1v) is 8.14. The predicted octanol–water partition coefficient (Wildman–Crippen LogP) is 4.01. The van der Waals surface area contributed by atoms with Crippen LogP contribution in [0.25, 0.3) is 0 Å². The monoisotopic (exact) mass is 293 g/mol. The summed E-state index contributed by atoms with van der Waals surface area (Å²) in [6.07, 6.45) is 3.48. The Labute approximate surface area is 124 Å². The SMILES string of the molecule is Cc1sc(C(=O)OC2CC3CCC2(C)C3(C)C)cc1N. The average Bonchev–Trinajstić information content (AvgIpc) is 2.87. The molecule has 20 heavy (non-hydrogen) atoms. The summed E-state index contributed by atoms with van der Waals surface area (Å²) in [6, 6.07) is 1.74. The molecule has 0 saturated heterocycles. The molecule has 3 rings (SSSR count). The number of ether oxygens (including phenoxy) is 1. The molecule has 110 valence electrons. The molecule has 2 N–H and O–H groups in total. The van der Waals surface area contributed by atoms with Crippen LogP contribution in [0.4, 0.5) is 5.69 Å². The first-order valence-electron chi connectivity index (χ1n) is 7.32. The third-order valence-electron chi connectivity index (χ3n) is 6.12. The summed E-state index contributed by atoms with van der Waals surface area (Å²) in [5, 5.41) is 0. The summed E-state index contributed by atoms with van der Waals surface area (Å²) in [5.74, 6) is 0.477. The molecule has 1 aromatic rings. The van der Waals surface area contributed by atoms with Crippen LogP contribution in [0.3, 0.4) is 0 Å². The van der Waals surface area contributed by atoms with Crippen molar-refractivity contribution in [3.8, 4) is 0 Å². The van der Waals surface area contributed by atoms with Gasteiger partial charge in [-0.3, -0.25) is 0 Å². The Morgan fingerprint density at radius 3 is 2.60 bits per heavy atom. The van der Waals surface area contributed by atoms with Gasteiger partial charge in [0.15, 0.2) is 0 Å². The van der Waals surface area contributed by atoms with Crippen molar-refractivity contribution in [2.24, 2.45) is 16.7 Å². The number of carbonyl (C=O) groups excluding carboxylic acids is 1. The number of nitrogen functional groups attached to an aromatic ring is 1. The molecule has 0 amide bonds. The van der Waals surface area contributed by atoms with Gasteiger partial charge >= 0.3 is 5.97 Å². The van der Waals surface area contributed by atoms with Crippen LogP contribution in [-0.2, 0) is 4.74 Å². The molecule has 1 heterocycles. The van der Waals surface area contributed by atoms with Crippen LogP contribution in [0.15, 0.2) is 6.07 Å². The van der Waals surface area contributed by atoms with Crippen LogP contribution in [0.1, 0.15) is 54.6 Å². The van der Waals surface area contributed by atoms with Crippen molar-refractivity contribution in [3.63, 3.8) is 0 Å². The van der Waals surface area contributed by atoms with Crippen molar-refractivity contribution >= 4 is 23.0 Å². The van der Waals surface area contributed by atoms with Crippen molar-refractivity contribution < 1.29 is 9.53 Å². The van der Waals surface area contributed by atoms with Crippen LogP contribution < -0.4 is 5.73 Å². The maximum absolute atomic E-state index is 12.3. The van der Waals surface area contributed by atoms with Gasteiger partial charge in [0.1, 0.15) is 11.0 Å². The summed E-state index contributed by atoms with van der Waals surface area (Å²) >= 11 is 1.43. The van der Waals surface area contributed by atoms with Crippen LogP contribution in [-0.4, -0.2) is 12.1 Å². The van der Waals surface area contributed by atoms with Gasteiger partial charge in [0, 0.05) is 16.0 Å². The van der Waals surface area contributed by atoms with Gasteiger partial charge in [-0.1, -0.05) is 20.8 Å². The molecule has 0 radical (unpaired) electrons. The summed E-state index contributed by atoms with van der Waals surface area (Å²) in [6.45, 7) is 8.86. The van der Waals surface area contributed by atoms with Gasteiger partial charge in [-0.2, -0.15) is 0 Å². The molecule has 2 aliphatic carbocycles. The van der Waals surface area contributed by atoms with Gasteiger partial charge in [0.2, 0.25) is 0 Å². The van der Waals surface area contributed by atoms with E-state index in [0.717, 1.165) is 17.7 Å². The van der Waals surface area contributed by atoms with Gasteiger partial charge in [-0.25, -0.2) is 4.79 Å². The molecule has 3 unspecified atom stereocenters. The fourth-order valence-corrected chi connectivity index (χ4v) is 4.92. The summed E-state index contributed by atoms with van der Waals surface area (Å²) in [5.41, 5.74) is 6.88. The third kappa shape index (κ3) is 1.73. The molecule has 0 spiro atoms. The van der Waals surface area contributed by atoms with Crippen molar-refractivity contribution in [1.29, 1.82) is 0 Å². The predicted molar refractivity (Wildman–Crippen MR) is 81.9 cm³/mol. The van der Waals surface area contributed by atoms with E-state index < -0.39 is 0 Å². The minimum atomic E-state index is -0.204. The number of carbonyl (C=O) groups is 1. The highest BCUT2D eigenvalue weighted by Crippen LogP contribution is 2.66. The van der Waals surface area contributed by atoms with Crippen molar-refractivity contribution in [3.05, 3.63) is 15.8 Å². The highest BCUT2D eigenvalue weighted by molar-refractivity contribution is 7.14. The van der Waals surface area contributed by atoms with E-state index in [1.165, 1.54) is 17.8 Å². The largest absolute Gasteiger partial charge is 0.458 e. The molecular formula is C16H23NO2S. The standard InChI is InChI=1S/C16H23NO2S/c1-9-11(17)8-12(20-9)14(18)19-13-7-10-5-6-16(13,4)15(10,2)3/h8,10,13H,5-7,17H2,1-4H3. The van der Waals surface area contributed by atoms with E-state index in [9.17, 15) is 4.79 Å². The van der Waals surface area contributed by atoms with Crippen molar-refractivity contribution in [1.82, 2.24) is 0 Å². The third-order valence-corrected chi connectivity index (χ3v) is 7.17. The maximum atomic E-state index is 12.3. The lowest BCUT2D eigenvalue weighted by atomic mass is 9.70. The van der Waals surface area contributed by atoms with Gasteiger partial charge in [-0.15, -0.1) is 11.3 Å². The Balaban J connectivity index is 1.78. The Morgan fingerprint density at radius 1 is 1.45 bits per heavy atom. The molecule has 2 aliphatic rings. The van der Waals surface area contributed by atoms with Crippen molar-refractivity contribution in [2.45, 2.75) is 53.1 Å². The summed E-state index contributed by atoms with van der Waals surface area (Å²) < 4.78 is 5.85. The van der Waals surface area contributed by atoms with E-state index >= 15 is 0 Å². The van der Waals surface area contributed by atoms with Crippen LogP contribution in [0, 0.1) is 23.7 Å². The number of rotatable bonds is 2. The molecule has 3 nitrogen and oxygen atoms in total. The van der Waals surface area contributed by atoms with Crippen LogP contribution in [0.5, 0.6) is 0 Å². The molecule has 0 aliphatic heterocycles. The summed E-state index contributed by atoms with van der Waals surface area (Å²) in [7, 11) is 0. The summed E-state index contributed by atoms with van der Waals surface area (Å²) in [4.78, 5) is 13.9. The normalized spacial score (nSPS) is 34.4. The maximum Gasteiger partial charge on any atom is 0.348 e. The lowest BCUT2D eigenvalue weighted by molar-refractivity contribution is -0.0238. The molecule has 2 bridgehead atoms. The van der Waals surface area contributed by atoms with E-state index in [2.05, 4.69) is 20.8 Å². The lowest BCUT2D eigenvalue weighted by Gasteiger charge is -2.38. The zero-order valence-corrected chi connectivity index (χ0v) is 13.5. The fourth-order valence-electron chi connectivity index (χ4n) is 4.09. The first-order chi connectivity index (χ1) is 9.25. The number of fused-ring (bicyclic) bond motifs is 2. The van der Waals surface area contributed by atoms with Gasteiger partial charge in [0.05, 0.1) is 0 Å². The zero-order valence-electron chi connectivity index (χ0n) is 12.7.